The van der Waals surface area contributed by atoms with Crippen LogP contribution in [0, 0.1) is 6.42 Å². The molecule has 1 amide bonds. The standard InChI is InChI=1S/C17H15N2O/c20-17(18-12-13-6-2-1-3-7-13)11-15-10-14-8-4-5-9-16(14)19-15/h1-11,19H,12H2,(H,18,20). The van der Waals surface area contributed by atoms with Crippen molar-refractivity contribution in [2.75, 3.05) is 0 Å². The molecule has 0 bridgehead atoms. The molecule has 3 rings (SSSR count). The minimum atomic E-state index is -0.0968. The first kappa shape index (κ1) is 12.5. The average molecular weight is 263 g/mol. The number of para-hydroxylation sites is 1. The van der Waals surface area contributed by atoms with Gasteiger partial charge in [-0.2, -0.15) is 0 Å². The number of benzene rings is 2. The number of rotatable bonds is 4. The third kappa shape index (κ3) is 2.88. The van der Waals surface area contributed by atoms with Crippen LogP contribution in [-0.2, 0) is 11.3 Å². The van der Waals surface area contributed by atoms with Gasteiger partial charge in [0.15, 0.2) is 0 Å². The highest BCUT2D eigenvalue weighted by molar-refractivity contribution is 5.90. The van der Waals surface area contributed by atoms with E-state index in [9.17, 15) is 4.79 Å². The Morgan fingerprint density at radius 3 is 2.60 bits per heavy atom. The zero-order valence-corrected chi connectivity index (χ0v) is 11.0. The number of hydrogen-bond acceptors (Lipinski definition) is 1. The highest BCUT2D eigenvalue weighted by Crippen LogP contribution is 2.15. The van der Waals surface area contributed by atoms with Gasteiger partial charge in [-0.3, -0.25) is 4.79 Å². The van der Waals surface area contributed by atoms with Crippen molar-refractivity contribution >= 4 is 16.8 Å². The van der Waals surface area contributed by atoms with E-state index in [-0.39, 0.29) is 5.91 Å². The van der Waals surface area contributed by atoms with Crippen LogP contribution in [0.15, 0.2) is 60.7 Å². The fourth-order valence-electron chi connectivity index (χ4n) is 2.15. The van der Waals surface area contributed by atoms with E-state index in [1.165, 1.54) is 0 Å². The molecular formula is C17H15N2O. The van der Waals surface area contributed by atoms with Crippen LogP contribution in [0.1, 0.15) is 11.3 Å². The monoisotopic (exact) mass is 263 g/mol. The van der Waals surface area contributed by atoms with Gasteiger partial charge < -0.3 is 10.3 Å². The molecule has 1 radical (unpaired) electrons. The van der Waals surface area contributed by atoms with Gasteiger partial charge in [-0.1, -0.05) is 48.5 Å². The van der Waals surface area contributed by atoms with E-state index in [1.54, 1.807) is 6.42 Å². The lowest BCUT2D eigenvalue weighted by atomic mass is 10.2. The summed E-state index contributed by atoms with van der Waals surface area (Å²) >= 11 is 0. The molecule has 99 valence electrons. The van der Waals surface area contributed by atoms with E-state index in [0.29, 0.717) is 6.54 Å². The third-order valence-electron chi connectivity index (χ3n) is 3.15. The Hall–Kier alpha value is -2.55. The van der Waals surface area contributed by atoms with Gasteiger partial charge in [0, 0.05) is 17.8 Å². The number of hydrogen-bond donors (Lipinski definition) is 2. The molecule has 1 heterocycles. The van der Waals surface area contributed by atoms with Gasteiger partial charge in [0.25, 0.3) is 0 Å². The molecule has 3 nitrogen and oxygen atoms in total. The Bertz CT molecular complexity index is 683. The predicted octanol–water partition coefficient (Wildman–Crippen LogP) is 3.04. The lowest BCUT2D eigenvalue weighted by Crippen LogP contribution is -2.23. The number of carbonyl (C=O) groups excluding carboxylic acids is 1. The minimum Gasteiger partial charge on any atom is -0.358 e. The highest BCUT2D eigenvalue weighted by Gasteiger charge is 2.06. The number of carbonyl (C=O) groups is 1. The van der Waals surface area contributed by atoms with E-state index in [0.717, 1.165) is 22.2 Å². The highest BCUT2D eigenvalue weighted by atomic mass is 16.1. The normalized spacial score (nSPS) is 10.6. The molecule has 2 N–H and O–H groups in total. The van der Waals surface area contributed by atoms with Crippen molar-refractivity contribution in [2.45, 2.75) is 6.54 Å². The maximum Gasteiger partial charge on any atom is 0.230 e. The topological polar surface area (TPSA) is 44.9 Å². The number of aromatic nitrogens is 1. The smallest absolute Gasteiger partial charge is 0.230 e. The summed E-state index contributed by atoms with van der Waals surface area (Å²) in [7, 11) is 0. The quantitative estimate of drug-likeness (QED) is 0.746. The molecule has 0 saturated heterocycles. The molecule has 0 saturated carbocycles. The van der Waals surface area contributed by atoms with Gasteiger partial charge in [-0.15, -0.1) is 0 Å². The van der Waals surface area contributed by atoms with Crippen LogP contribution >= 0.6 is 0 Å². The zero-order valence-electron chi connectivity index (χ0n) is 11.0. The molecule has 0 fully saturated rings. The van der Waals surface area contributed by atoms with Crippen molar-refractivity contribution in [1.82, 2.24) is 10.3 Å². The molecule has 2 aromatic carbocycles. The van der Waals surface area contributed by atoms with Gasteiger partial charge in [0.05, 0.1) is 6.42 Å². The lowest BCUT2D eigenvalue weighted by Gasteiger charge is -2.03. The van der Waals surface area contributed by atoms with Crippen LogP contribution < -0.4 is 5.32 Å². The van der Waals surface area contributed by atoms with Gasteiger partial charge in [-0.25, -0.2) is 0 Å². The van der Waals surface area contributed by atoms with E-state index >= 15 is 0 Å². The molecule has 20 heavy (non-hydrogen) atoms. The fraction of sp³-hybridized carbons (Fsp3) is 0.0588. The first-order chi connectivity index (χ1) is 9.81. The zero-order chi connectivity index (χ0) is 13.8. The lowest BCUT2D eigenvalue weighted by molar-refractivity contribution is -0.117. The van der Waals surface area contributed by atoms with Crippen molar-refractivity contribution in [2.24, 2.45) is 0 Å². The van der Waals surface area contributed by atoms with Crippen LogP contribution in [0.3, 0.4) is 0 Å². The second-order valence-electron chi connectivity index (χ2n) is 4.66. The third-order valence-corrected chi connectivity index (χ3v) is 3.15. The Morgan fingerprint density at radius 1 is 1.05 bits per heavy atom. The number of amides is 1. The van der Waals surface area contributed by atoms with Crippen LogP contribution in [0.5, 0.6) is 0 Å². The van der Waals surface area contributed by atoms with Crippen LogP contribution in [-0.4, -0.2) is 10.9 Å². The van der Waals surface area contributed by atoms with Crippen molar-refractivity contribution in [3.05, 3.63) is 78.3 Å². The van der Waals surface area contributed by atoms with Gasteiger partial charge in [0.2, 0.25) is 5.91 Å². The summed E-state index contributed by atoms with van der Waals surface area (Å²) in [5.74, 6) is -0.0968. The molecule has 0 aliphatic rings. The molecule has 3 heteroatoms. The second-order valence-corrected chi connectivity index (χ2v) is 4.66. The summed E-state index contributed by atoms with van der Waals surface area (Å²) in [5.41, 5.74) is 2.94. The van der Waals surface area contributed by atoms with Crippen molar-refractivity contribution in [3.8, 4) is 0 Å². The van der Waals surface area contributed by atoms with E-state index in [4.69, 9.17) is 0 Å². The summed E-state index contributed by atoms with van der Waals surface area (Å²) in [6.07, 6.45) is 1.59. The summed E-state index contributed by atoms with van der Waals surface area (Å²) in [6, 6.07) is 19.8. The van der Waals surface area contributed by atoms with Gasteiger partial charge >= 0.3 is 0 Å². The molecule has 0 atom stereocenters. The Balaban J connectivity index is 1.61. The number of nitrogens with one attached hydrogen (secondary N) is 2. The molecule has 1 aromatic heterocycles. The minimum absolute atomic E-state index is 0.0968. The van der Waals surface area contributed by atoms with Crippen LogP contribution in [0.4, 0.5) is 0 Å². The predicted molar refractivity (Wildman–Crippen MR) is 80.0 cm³/mol. The maximum atomic E-state index is 11.9. The Morgan fingerprint density at radius 2 is 1.80 bits per heavy atom. The molecule has 0 unspecified atom stereocenters. The first-order valence-corrected chi connectivity index (χ1v) is 6.55. The number of H-pyrrole nitrogens is 1. The summed E-state index contributed by atoms with van der Waals surface area (Å²) < 4.78 is 0. The van der Waals surface area contributed by atoms with Gasteiger partial charge in [0.1, 0.15) is 0 Å². The van der Waals surface area contributed by atoms with E-state index in [2.05, 4.69) is 10.3 Å². The number of fused-ring (bicyclic) bond motifs is 1. The van der Waals surface area contributed by atoms with Crippen molar-refractivity contribution < 1.29 is 4.79 Å². The molecular weight excluding hydrogens is 248 g/mol. The Labute approximate surface area is 117 Å². The van der Waals surface area contributed by atoms with Crippen LogP contribution in [0.25, 0.3) is 10.9 Å². The molecule has 0 spiro atoms. The SMILES string of the molecule is O=C([CH]c1cc2ccccc2[nH]1)NCc1ccccc1. The molecule has 0 aliphatic carbocycles. The van der Waals surface area contributed by atoms with E-state index in [1.807, 2.05) is 60.7 Å². The number of aromatic amines is 1. The summed E-state index contributed by atoms with van der Waals surface area (Å²) in [6.45, 7) is 0.538. The maximum absolute atomic E-state index is 11.9. The van der Waals surface area contributed by atoms with E-state index < -0.39 is 0 Å². The molecule has 0 aliphatic heterocycles. The first-order valence-electron chi connectivity index (χ1n) is 6.55. The van der Waals surface area contributed by atoms with Crippen LogP contribution in [0.2, 0.25) is 0 Å². The van der Waals surface area contributed by atoms with Crippen molar-refractivity contribution in [3.63, 3.8) is 0 Å². The Kier molecular flexibility index (Phi) is 3.50. The largest absolute Gasteiger partial charge is 0.358 e. The van der Waals surface area contributed by atoms with Gasteiger partial charge in [-0.05, 0) is 23.1 Å². The summed E-state index contributed by atoms with van der Waals surface area (Å²) in [5, 5.41) is 3.98. The molecule has 3 aromatic rings. The van der Waals surface area contributed by atoms with Crippen molar-refractivity contribution in [1.29, 1.82) is 0 Å². The fourth-order valence-corrected chi connectivity index (χ4v) is 2.15. The second kappa shape index (κ2) is 5.61. The average Bonchev–Trinajstić information content (AvgIpc) is 2.88. The summed E-state index contributed by atoms with van der Waals surface area (Å²) in [4.78, 5) is 15.1.